The van der Waals surface area contributed by atoms with E-state index in [2.05, 4.69) is 38.3 Å². The van der Waals surface area contributed by atoms with Gasteiger partial charge in [0.1, 0.15) is 0 Å². The van der Waals surface area contributed by atoms with E-state index in [-0.39, 0.29) is 0 Å². The molecule has 0 aliphatic heterocycles. The highest BCUT2D eigenvalue weighted by Gasteiger charge is 2.32. The molecule has 0 spiro atoms. The molecule has 0 N–H and O–H groups in total. The fourth-order valence-corrected chi connectivity index (χ4v) is 10.2. The lowest BCUT2D eigenvalue weighted by atomic mass is 10.5. The van der Waals surface area contributed by atoms with Crippen molar-refractivity contribution in [2.24, 2.45) is 0 Å². The van der Waals surface area contributed by atoms with E-state index in [1.165, 1.54) is 37.4 Å². The summed E-state index contributed by atoms with van der Waals surface area (Å²) in [5.41, 5.74) is 0. The molecule has 15 heavy (non-hydrogen) atoms. The van der Waals surface area contributed by atoms with Crippen LogP contribution in [0.2, 0.25) is 18.1 Å². The molecule has 0 bridgehead atoms. The summed E-state index contributed by atoms with van der Waals surface area (Å²) in [5.74, 6) is 0. The molecule has 0 saturated heterocycles. The van der Waals surface area contributed by atoms with Gasteiger partial charge < -0.3 is 0 Å². The second kappa shape index (κ2) is 6.49. The zero-order valence-electron chi connectivity index (χ0n) is 10.4. The third-order valence-electron chi connectivity index (χ3n) is 3.23. The van der Waals surface area contributed by atoms with Crippen LogP contribution in [0.4, 0.5) is 0 Å². The normalized spacial score (nSPS) is 11.9. The van der Waals surface area contributed by atoms with Gasteiger partial charge in [-0.25, -0.2) is 0 Å². The van der Waals surface area contributed by atoms with Crippen LogP contribution in [-0.2, 0) is 0 Å². The fourth-order valence-electron chi connectivity index (χ4n) is 2.76. The predicted octanol–water partition coefficient (Wildman–Crippen LogP) is 4.63. The van der Waals surface area contributed by atoms with Gasteiger partial charge in [0.25, 0.3) is 0 Å². The maximum absolute atomic E-state index is 2.40. The quantitative estimate of drug-likeness (QED) is 0.609. The zero-order valence-corrected chi connectivity index (χ0v) is 12.2. The molecule has 1 rings (SSSR count). The lowest BCUT2D eigenvalue weighted by Gasteiger charge is -2.30. The maximum Gasteiger partial charge on any atom is 0.0994 e. The van der Waals surface area contributed by atoms with Gasteiger partial charge in [0, 0.05) is 0 Å². The SMILES string of the molecule is CCC[Si](CCC)(CCC)c1cccs1. The van der Waals surface area contributed by atoms with Crippen LogP contribution in [-0.4, -0.2) is 8.07 Å². The number of rotatable bonds is 7. The van der Waals surface area contributed by atoms with Crippen LogP contribution in [0.5, 0.6) is 0 Å². The molecule has 0 aromatic carbocycles. The molecule has 0 aliphatic carbocycles. The molecule has 0 nitrogen and oxygen atoms in total. The van der Waals surface area contributed by atoms with E-state index in [0.29, 0.717) is 0 Å². The fraction of sp³-hybridized carbons (Fsp3) is 0.692. The Bertz CT molecular complexity index is 236. The van der Waals surface area contributed by atoms with Crippen LogP contribution in [0.3, 0.4) is 0 Å². The monoisotopic (exact) mass is 240 g/mol. The number of hydrogen-bond donors (Lipinski definition) is 0. The van der Waals surface area contributed by atoms with Gasteiger partial charge in [-0.3, -0.25) is 0 Å². The minimum Gasteiger partial charge on any atom is -0.154 e. The second-order valence-corrected chi connectivity index (χ2v) is 10.4. The zero-order chi connectivity index (χ0) is 11.1. The molecule has 1 aromatic rings. The summed E-state index contributed by atoms with van der Waals surface area (Å²) in [6.07, 6.45) is 4.10. The van der Waals surface area contributed by atoms with E-state index >= 15 is 0 Å². The van der Waals surface area contributed by atoms with Gasteiger partial charge in [0.05, 0.1) is 8.07 Å². The molecule has 0 radical (unpaired) electrons. The van der Waals surface area contributed by atoms with Crippen LogP contribution < -0.4 is 4.50 Å². The summed E-state index contributed by atoms with van der Waals surface area (Å²) >= 11 is 2.01. The Kier molecular flexibility index (Phi) is 5.62. The van der Waals surface area contributed by atoms with Gasteiger partial charge >= 0.3 is 0 Å². The van der Waals surface area contributed by atoms with Gasteiger partial charge in [0.2, 0.25) is 0 Å². The molecule has 1 aromatic heterocycles. The van der Waals surface area contributed by atoms with Crippen LogP contribution in [0.1, 0.15) is 40.0 Å². The van der Waals surface area contributed by atoms with Gasteiger partial charge in [-0.2, -0.15) is 11.3 Å². The topological polar surface area (TPSA) is 0 Å². The highest BCUT2D eigenvalue weighted by molar-refractivity contribution is 7.25. The summed E-state index contributed by atoms with van der Waals surface area (Å²) in [5, 5.41) is 2.26. The van der Waals surface area contributed by atoms with E-state index in [0.717, 1.165) is 0 Å². The Morgan fingerprint density at radius 2 is 1.53 bits per heavy atom. The Morgan fingerprint density at radius 1 is 1.00 bits per heavy atom. The van der Waals surface area contributed by atoms with Crippen LogP contribution in [0.25, 0.3) is 0 Å². The van der Waals surface area contributed by atoms with Crippen molar-refractivity contribution in [2.75, 3.05) is 0 Å². The lowest BCUT2D eigenvalue weighted by molar-refractivity contribution is 0.939. The van der Waals surface area contributed by atoms with E-state index in [1.807, 2.05) is 11.3 Å². The molecule has 0 saturated carbocycles. The molecule has 2 heteroatoms. The summed E-state index contributed by atoms with van der Waals surface area (Å²) in [7, 11) is -1.10. The minimum atomic E-state index is -1.10. The summed E-state index contributed by atoms with van der Waals surface area (Å²) in [6, 6.07) is 9.13. The van der Waals surface area contributed by atoms with Crippen molar-refractivity contribution in [3.63, 3.8) is 0 Å². The molecule has 1 heterocycles. The first kappa shape index (κ1) is 13.0. The van der Waals surface area contributed by atoms with Crippen molar-refractivity contribution in [2.45, 2.75) is 58.2 Å². The van der Waals surface area contributed by atoms with Crippen molar-refractivity contribution in [3.05, 3.63) is 17.5 Å². The predicted molar refractivity (Wildman–Crippen MR) is 75.0 cm³/mol. The summed E-state index contributed by atoms with van der Waals surface area (Å²) < 4.78 is 1.76. The first-order valence-electron chi connectivity index (χ1n) is 6.33. The standard InChI is InChI=1S/C13H24SSi/c1-4-10-15(11-5-2,12-6-3)13-8-7-9-14-13/h7-9H,4-6,10-12H2,1-3H3. The molecular weight excluding hydrogens is 216 g/mol. The van der Waals surface area contributed by atoms with Crippen molar-refractivity contribution in [3.8, 4) is 0 Å². The van der Waals surface area contributed by atoms with Crippen LogP contribution in [0, 0.1) is 0 Å². The average Bonchev–Trinajstić information content (AvgIpc) is 2.72. The second-order valence-electron chi connectivity index (χ2n) is 4.51. The van der Waals surface area contributed by atoms with Crippen LogP contribution in [0.15, 0.2) is 17.5 Å². The first-order chi connectivity index (χ1) is 7.29. The Hall–Kier alpha value is -0.0831. The smallest absolute Gasteiger partial charge is 0.0994 e. The minimum absolute atomic E-state index is 1.10. The third-order valence-corrected chi connectivity index (χ3v) is 11.1. The summed E-state index contributed by atoms with van der Waals surface area (Å²) in [4.78, 5) is 0. The third kappa shape index (κ3) is 3.18. The average molecular weight is 240 g/mol. The van der Waals surface area contributed by atoms with E-state index < -0.39 is 8.07 Å². The van der Waals surface area contributed by atoms with Gasteiger partial charge in [-0.1, -0.05) is 70.3 Å². The first-order valence-corrected chi connectivity index (χ1v) is 9.83. The van der Waals surface area contributed by atoms with E-state index in [9.17, 15) is 0 Å². The number of hydrogen-bond acceptors (Lipinski definition) is 1. The highest BCUT2D eigenvalue weighted by atomic mass is 32.1. The van der Waals surface area contributed by atoms with E-state index in [1.54, 1.807) is 4.50 Å². The van der Waals surface area contributed by atoms with Gasteiger partial charge in [0.15, 0.2) is 0 Å². The molecule has 86 valence electrons. The van der Waals surface area contributed by atoms with Crippen molar-refractivity contribution < 1.29 is 0 Å². The lowest BCUT2D eigenvalue weighted by Crippen LogP contribution is -2.45. The maximum atomic E-state index is 2.40. The molecule has 0 atom stereocenters. The Balaban J connectivity index is 2.90. The largest absolute Gasteiger partial charge is 0.154 e. The van der Waals surface area contributed by atoms with Gasteiger partial charge in [-0.15, -0.1) is 0 Å². The molecule has 0 unspecified atom stereocenters. The van der Waals surface area contributed by atoms with Gasteiger partial charge in [-0.05, 0) is 9.88 Å². The Morgan fingerprint density at radius 3 is 1.87 bits per heavy atom. The molecule has 0 fully saturated rings. The highest BCUT2D eigenvalue weighted by Crippen LogP contribution is 2.27. The molecular formula is C13H24SSi. The Labute approximate surface area is 99.7 Å². The van der Waals surface area contributed by atoms with Crippen molar-refractivity contribution >= 4 is 23.9 Å². The summed E-state index contributed by atoms with van der Waals surface area (Å²) in [6.45, 7) is 7.04. The molecule has 0 aliphatic rings. The van der Waals surface area contributed by atoms with Crippen molar-refractivity contribution in [1.82, 2.24) is 0 Å². The molecule has 0 amide bonds. The van der Waals surface area contributed by atoms with Crippen LogP contribution >= 0.6 is 11.3 Å². The van der Waals surface area contributed by atoms with Crippen molar-refractivity contribution in [1.29, 1.82) is 0 Å². The number of thiophene rings is 1. The van der Waals surface area contributed by atoms with E-state index in [4.69, 9.17) is 0 Å².